The minimum atomic E-state index is -1.15. The average Bonchev–Trinajstić information content (AvgIpc) is 3.66. The predicted molar refractivity (Wildman–Crippen MR) is 139 cm³/mol. The molecule has 1 heterocycles. The molecule has 5 rings (SSSR count). The van der Waals surface area contributed by atoms with Gasteiger partial charge in [0.05, 0.1) is 26.7 Å². The molecule has 0 bridgehead atoms. The summed E-state index contributed by atoms with van der Waals surface area (Å²) >= 11 is 0. The Balaban J connectivity index is 1.31. The SMILES string of the molecule is COc1cc(NC(=O)C2(C(=O)Nc3ccc(-c4cccc5onc(N)c45)cc3)CC2)cc(OC)c1OC. The van der Waals surface area contributed by atoms with Crippen LogP contribution >= 0.6 is 0 Å². The summed E-state index contributed by atoms with van der Waals surface area (Å²) in [4.78, 5) is 26.3. The van der Waals surface area contributed by atoms with Crippen LogP contribution in [0.4, 0.5) is 17.2 Å². The van der Waals surface area contributed by atoms with Crippen molar-refractivity contribution in [3.05, 3.63) is 54.6 Å². The molecule has 1 aromatic heterocycles. The molecular weight excluding hydrogens is 476 g/mol. The van der Waals surface area contributed by atoms with Gasteiger partial charge in [-0.3, -0.25) is 9.59 Å². The molecule has 10 nitrogen and oxygen atoms in total. The van der Waals surface area contributed by atoms with E-state index in [-0.39, 0.29) is 5.91 Å². The van der Waals surface area contributed by atoms with Gasteiger partial charge in [-0.15, -0.1) is 0 Å². The second kappa shape index (κ2) is 9.38. The van der Waals surface area contributed by atoms with Gasteiger partial charge in [0.2, 0.25) is 17.6 Å². The van der Waals surface area contributed by atoms with E-state index >= 15 is 0 Å². The molecule has 0 unspecified atom stereocenters. The van der Waals surface area contributed by atoms with Crippen LogP contribution in [-0.4, -0.2) is 38.3 Å². The van der Waals surface area contributed by atoms with Crippen molar-refractivity contribution < 1.29 is 28.3 Å². The number of carbonyl (C=O) groups is 2. The molecule has 3 aromatic carbocycles. The monoisotopic (exact) mass is 502 g/mol. The summed E-state index contributed by atoms with van der Waals surface area (Å²) in [5, 5.41) is 10.3. The number of ether oxygens (including phenoxy) is 3. The molecule has 1 aliphatic carbocycles. The number of carbonyl (C=O) groups excluding carboxylic acids is 2. The lowest BCUT2D eigenvalue weighted by Crippen LogP contribution is -2.35. The number of hydrogen-bond acceptors (Lipinski definition) is 8. The van der Waals surface area contributed by atoms with E-state index in [0.29, 0.717) is 52.9 Å². The zero-order valence-corrected chi connectivity index (χ0v) is 20.6. The molecule has 4 aromatic rings. The van der Waals surface area contributed by atoms with E-state index in [4.69, 9.17) is 24.5 Å². The molecular formula is C27H26N4O6. The number of fused-ring (bicyclic) bond motifs is 1. The number of nitrogens with zero attached hydrogens (tertiary/aromatic N) is 1. The van der Waals surface area contributed by atoms with Crippen LogP contribution in [0.3, 0.4) is 0 Å². The minimum absolute atomic E-state index is 0.316. The highest BCUT2D eigenvalue weighted by atomic mass is 16.5. The number of amides is 2. The third-order valence-corrected chi connectivity index (χ3v) is 6.52. The topological polar surface area (TPSA) is 138 Å². The van der Waals surface area contributed by atoms with E-state index in [0.717, 1.165) is 16.5 Å². The highest BCUT2D eigenvalue weighted by Gasteiger charge is 2.56. The standard InChI is InChI=1S/C27H26N4O6/c1-34-20-13-17(14-21(35-2)23(20)36-3)30-26(33)27(11-12-27)25(32)29-16-9-7-15(8-10-16)18-5-4-6-19-22(18)24(28)31-37-19/h4-10,13-14H,11-12H2,1-3H3,(H2,28,31)(H,29,32)(H,30,33). The van der Waals surface area contributed by atoms with Crippen LogP contribution in [0.1, 0.15) is 12.8 Å². The van der Waals surface area contributed by atoms with Gasteiger partial charge >= 0.3 is 0 Å². The smallest absolute Gasteiger partial charge is 0.240 e. The maximum Gasteiger partial charge on any atom is 0.240 e. The van der Waals surface area contributed by atoms with Gasteiger partial charge in [0.25, 0.3) is 0 Å². The molecule has 10 heteroatoms. The first kappa shape index (κ1) is 24.0. The fourth-order valence-electron chi connectivity index (χ4n) is 4.33. The largest absolute Gasteiger partial charge is 0.493 e. The molecule has 1 saturated carbocycles. The van der Waals surface area contributed by atoms with Crippen molar-refractivity contribution in [1.82, 2.24) is 5.16 Å². The lowest BCUT2D eigenvalue weighted by Gasteiger charge is -2.18. The quantitative estimate of drug-likeness (QED) is 0.300. The van der Waals surface area contributed by atoms with Gasteiger partial charge in [-0.25, -0.2) is 0 Å². The average molecular weight is 503 g/mol. The van der Waals surface area contributed by atoms with Crippen LogP contribution in [-0.2, 0) is 9.59 Å². The normalized spacial score (nSPS) is 13.6. The van der Waals surface area contributed by atoms with Gasteiger partial charge < -0.3 is 35.1 Å². The van der Waals surface area contributed by atoms with Gasteiger partial charge in [0, 0.05) is 23.5 Å². The van der Waals surface area contributed by atoms with Crippen LogP contribution in [0.5, 0.6) is 17.2 Å². The first-order valence-corrected chi connectivity index (χ1v) is 11.6. The molecule has 1 aliphatic rings. The molecule has 2 amide bonds. The van der Waals surface area contributed by atoms with Crippen molar-refractivity contribution in [1.29, 1.82) is 0 Å². The minimum Gasteiger partial charge on any atom is -0.493 e. The van der Waals surface area contributed by atoms with Gasteiger partial charge in [-0.1, -0.05) is 29.4 Å². The molecule has 4 N–H and O–H groups in total. The van der Waals surface area contributed by atoms with E-state index in [1.54, 1.807) is 30.3 Å². The summed E-state index contributed by atoms with van der Waals surface area (Å²) in [6, 6.07) is 16.1. The number of nitrogen functional groups attached to an aromatic ring is 1. The zero-order valence-electron chi connectivity index (χ0n) is 20.6. The number of anilines is 3. The number of methoxy groups -OCH3 is 3. The third kappa shape index (κ3) is 4.26. The number of nitrogens with one attached hydrogen (secondary N) is 2. The Hall–Kier alpha value is -4.73. The first-order chi connectivity index (χ1) is 17.9. The zero-order chi connectivity index (χ0) is 26.2. The van der Waals surface area contributed by atoms with E-state index in [1.165, 1.54) is 21.3 Å². The summed E-state index contributed by atoms with van der Waals surface area (Å²) in [7, 11) is 4.48. The molecule has 190 valence electrons. The van der Waals surface area contributed by atoms with E-state index < -0.39 is 11.3 Å². The van der Waals surface area contributed by atoms with Crippen molar-refractivity contribution in [2.75, 3.05) is 37.7 Å². The molecule has 37 heavy (non-hydrogen) atoms. The predicted octanol–water partition coefficient (Wildman–Crippen LogP) is 4.46. The molecule has 0 aliphatic heterocycles. The molecule has 0 atom stereocenters. The highest BCUT2D eigenvalue weighted by molar-refractivity contribution is 6.17. The van der Waals surface area contributed by atoms with Crippen molar-refractivity contribution in [2.24, 2.45) is 5.41 Å². The summed E-state index contributed by atoms with van der Waals surface area (Å²) < 4.78 is 21.3. The Labute approximate surface area is 212 Å². The lowest BCUT2D eigenvalue weighted by molar-refractivity contribution is -0.131. The van der Waals surface area contributed by atoms with E-state index in [2.05, 4.69) is 15.8 Å². The van der Waals surface area contributed by atoms with Crippen LogP contribution in [0.15, 0.2) is 59.1 Å². The van der Waals surface area contributed by atoms with E-state index in [9.17, 15) is 9.59 Å². The van der Waals surface area contributed by atoms with Gasteiger partial charge in [0.1, 0.15) is 5.41 Å². The molecule has 0 spiro atoms. The Morgan fingerprint density at radius 1 is 0.892 bits per heavy atom. The second-order valence-corrected chi connectivity index (χ2v) is 8.73. The lowest BCUT2D eigenvalue weighted by atomic mass is 10.0. The van der Waals surface area contributed by atoms with Crippen molar-refractivity contribution in [3.8, 4) is 28.4 Å². The second-order valence-electron chi connectivity index (χ2n) is 8.73. The Kier molecular flexibility index (Phi) is 6.08. The van der Waals surface area contributed by atoms with Crippen LogP contribution in [0.2, 0.25) is 0 Å². The molecule has 1 fully saturated rings. The summed E-state index contributed by atoms with van der Waals surface area (Å²) in [5.41, 5.74) is 8.19. The van der Waals surface area contributed by atoms with Gasteiger partial charge in [-0.2, -0.15) is 0 Å². The van der Waals surface area contributed by atoms with Gasteiger partial charge in [0.15, 0.2) is 22.9 Å². The van der Waals surface area contributed by atoms with Crippen LogP contribution in [0.25, 0.3) is 22.1 Å². The van der Waals surface area contributed by atoms with Crippen molar-refractivity contribution >= 4 is 40.0 Å². The maximum absolute atomic E-state index is 13.1. The number of rotatable bonds is 8. The van der Waals surface area contributed by atoms with Crippen LogP contribution in [0, 0.1) is 5.41 Å². The maximum atomic E-state index is 13.1. The fraction of sp³-hybridized carbons (Fsp3) is 0.222. The summed E-state index contributed by atoms with van der Waals surface area (Å²) in [6.07, 6.45) is 0.893. The Morgan fingerprint density at radius 2 is 1.51 bits per heavy atom. The Bertz CT molecular complexity index is 1470. The summed E-state index contributed by atoms with van der Waals surface area (Å²) in [6.45, 7) is 0. The Morgan fingerprint density at radius 3 is 2.08 bits per heavy atom. The number of hydrogen-bond donors (Lipinski definition) is 3. The first-order valence-electron chi connectivity index (χ1n) is 11.6. The molecule has 0 saturated heterocycles. The number of nitrogens with two attached hydrogens (primary N) is 1. The third-order valence-electron chi connectivity index (χ3n) is 6.52. The number of aromatic nitrogens is 1. The number of benzene rings is 3. The highest BCUT2D eigenvalue weighted by Crippen LogP contribution is 2.48. The van der Waals surface area contributed by atoms with Crippen molar-refractivity contribution in [3.63, 3.8) is 0 Å². The van der Waals surface area contributed by atoms with Gasteiger partial charge in [-0.05, 0) is 42.2 Å². The summed E-state index contributed by atoms with van der Waals surface area (Å²) in [5.74, 6) is 0.761. The fourth-order valence-corrected chi connectivity index (χ4v) is 4.33. The van der Waals surface area contributed by atoms with Crippen molar-refractivity contribution in [2.45, 2.75) is 12.8 Å². The van der Waals surface area contributed by atoms with E-state index in [1.807, 2.05) is 24.3 Å². The molecule has 0 radical (unpaired) electrons. The van der Waals surface area contributed by atoms with Crippen LogP contribution < -0.4 is 30.6 Å².